The van der Waals surface area contributed by atoms with Crippen molar-refractivity contribution in [3.05, 3.63) is 41.9 Å². The van der Waals surface area contributed by atoms with Crippen LogP contribution in [0.4, 0.5) is 19.3 Å². The summed E-state index contributed by atoms with van der Waals surface area (Å²) in [5, 5.41) is 6.50. The van der Waals surface area contributed by atoms with Crippen molar-refractivity contribution >= 4 is 21.7 Å². The molecule has 3 aromatic heterocycles. The zero-order valence-electron chi connectivity index (χ0n) is 20.6. The molecule has 0 saturated heterocycles. The van der Waals surface area contributed by atoms with Gasteiger partial charge in [0.05, 0.1) is 31.3 Å². The third kappa shape index (κ3) is 5.48. The number of nitrogens with one attached hydrogen (secondary N) is 2. The van der Waals surface area contributed by atoms with Gasteiger partial charge < -0.3 is 14.8 Å². The smallest absolute Gasteiger partial charge is 0.333 e. The fraction of sp³-hybridized carbons (Fsp3) is 0.391. The molecule has 2 amide bonds. The molecule has 0 radical (unpaired) electrons. The maximum absolute atomic E-state index is 14.4. The molecule has 1 aliphatic heterocycles. The van der Waals surface area contributed by atoms with E-state index in [0.717, 1.165) is 13.1 Å². The number of amides is 2. The van der Waals surface area contributed by atoms with Gasteiger partial charge in [-0.3, -0.25) is 0 Å². The first-order valence-corrected chi connectivity index (χ1v) is 12.8. The number of urea groups is 1. The molecule has 0 spiro atoms. The Hall–Kier alpha value is -3.81. The molecule has 0 fully saturated rings. The van der Waals surface area contributed by atoms with Crippen LogP contribution in [0.5, 0.6) is 11.8 Å². The average molecular weight is 537 g/mol. The van der Waals surface area contributed by atoms with E-state index in [9.17, 15) is 22.0 Å². The fourth-order valence-electron chi connectivity index (χ4n) is 3.80. The molecule has 4 rings (SSSR count). The lowest BCUT2D eigenvalue weighted by Gasteiger charge is -2.21. The number of hydrogen-bond acceptors (Lipinski definition) is 8. The zero-order valence-corrected chi connectivity index (χ0v) is 21.4. The van der Waals surface area contributed by atoms with E-state index in [4.69, 9.17) is 9.47 Å². The van der Waals surface area contributed by atoms with E-state index in [1.54, 1.807) is 13.8 Å². The molecule has 0 saturated carbocycles. The minimum absolute atomic E-state index is 0.00205. The van der Waals surface area contributed by atoms with Crippen LogP contribution in [0.3, 0.4) is 0 Å². The van der Waals surface area contributed by atoms with Crippen LogP contribution in [0.2, 0.25) is 0 Å². The number of rotatable bonds is 7. The summed E-state index contributed by atoms with van der Waals surface area (Å²) in [4.78, 5) is 20.8. The number of hydrogen-bond donors (Lipinski definition) is 2. The maximum atomic E-state index is 14.4. The van der Waals surface area contributed by atoms with Crippen molar-refractivity contribution in [2.45, 2.75) is 50.5 Å². The Morgan fingerprint density at radius 3 is 2.73 bits per heavy atom. The molecule has 0 aromatic carbocycles. The molecule has 0 unspecified atom stereocenters. The quantitative estimate of drug-likeness (QED) is 0.464. The topological polar surface area (TPSA) is 137 Å². The van der Waals surface area contributed by atoms with E-state index < -0.39 is 27.7 Å². The Morgan fingerprint density at radius 2 is 2.05 bits per heavy atom. The van der Waals surface area contributed by atoms with Gasteiger partial charge >= 0.3 is 6.03 Å². The molecular weight excluding hydrogens is 510 g/mol. The number of aryl methyl sites for hydroxylation is 1. The molecule has 37 heavy (non-hydrogen) atoms. The monoisotopic (exact) mass is 536 g/mol. The van der Waals surface area contributed by atoms with Crippen LogP contribution in [0.25, 0.3) is 11.3 Å². The Bertz CT molecular complexity index is 1440. The van der Waals surface area contributed by atoms with Gasteiger partial charge in [-0.2, -0.15) is 13.9 Å². The second-order valence-corrected chi connectivity index (χ2v) is 10.4. The number of methoxy groups -OCH3 is 1. The van der Waals surface area contributed by atoms with Gasteiger partial charge in [-0.05, 0) is 23.6 Å². The van der Waals surface area contributed by atoms with Crippen LogP contribution < -0.4 is 19.5 Å². The lowest BCUT2D eigenvalue weighted by Crippen LogP contribution is -2.35. The number of halogens is 2. The van der Waals surface area contributed by atoms with Crippen LogP contribution in [0.15, 0.2) is 35.5 Å². The summed E-state index contributed by atoms with van der Waals surface area (Å²) in [6.07, 6.45) is 3.17. The minimum Gasteiger partial charge on any atom is -0.481 e. The number of carbonyl (C=O) groups is 1. The molecule has 0 bridgehead atoms. The summed E-state index contributed by atoms with van der Waals surface area (Å²) in [6.45, 7) is 5.02. The largest absolute Gasteiger partial charge is 0.481 e. The van der Waals surface area contributed by atoms with Gasteiger partial charge in [-0.25, -0.2) is 32.6 Å². The highest BCUT2D eigenvalue weighted by atomic mass is 32.2. The van der Waals surface area contributed by atoms with Gasteiger partial charge in [0.15, 0.2) is 4.90 Å². The van der Waals surface area contributed by atoms with Crippen molar-refractivity contribution in [3.8, 4) is 23.0 Å². The summed E-state index contributed by atoms with van der Waals surface area (Å²) in [5.41, 5.74) is 0.219. The first-order valence-electron chi connectivity index (χ1n) is 11.4. The number of ether oxygens (including phenoxy) is 2. The van der Waals surface area contributed by atoms with Crippen LogP contribution in [-0.2, 0) is 22.5 Å². The van der Waals surface area contributed by atoms with Gasteiger partial charge in [0.1, 0.15) is 5.69 Å². The normalized spacial score (nSPS) is 13.6. The highest BCUT2D eigenvalue weighted by Crippen LogP contribution is 2.38. The molecule has 3 aromatic rings. The lowest BCUT2D eigenvalue weighted by molar-refractivity contribution is 0.0128. The lowest BCUT2D eigenvalue weighted by atomic mass is 9.96. The minimum atomic E-state index is -4.37. The number of carbonyl (C=O) groups excluding carboxylic acids is 1. The molecule has 11 nitrogen and oxygen atoms in total. The van der Waals surface area contributed by atoms with Crippen molar-refractivity contribution < 1.29 is 31.5 Å². The van der Waals surface area contributed by atoms with Crippen LogP contribution in [0, 0.1) is 0 Å². The predicted octanol–water partition coefficient (Wildman–Crippen LogP) is 3.88. The van der Waals surface area contributed by atoms with Crippen molar-refractivity contribution in [1.82, 2.24) is 24.5 Å². The number of nitrogens with zero attached hydrogens (tertiary/aromatic N) is 4. The fourth-order valence-corrected chi connectivity index (χ4v) is 4.78. The van der Waals surface area contributed by atoms with Gasteiger partial charge in [0.25, 0.3) is 15.9 Å². The van der Waals surface area contributed by atoms with Crippen molar-refractivity contribution in [2.24, 2.45) is 0 Å². The van der Waals surface area contributed by atoms with E-state index in [1.165, 1.54) is 36.2 Å². The molecule has 14 heteroatoms. The SMILES string of the molecule is COc1cc(-c2nc(C(C)(F)F)cc(C(C)C)c2NC(=O)NS(=O)(=O)c2cnn3c2OCCC3)ccn1. The number of pyridine rings is 2. The van der Waals surface area contributed by atoms with Crippen LogP contribution >= 0.6 is 0 Å². The van der Waals surface area contributed by atoms with E-state index in [1.807, 2.05) is 4.72 Å². The maximum Gasteiger partial charge on any atom is 0.333 e. The summed E-state index contributed by atoms with van der Waals surface area (Å²) in [6, 6.07) is 3.07. The summed E-state index contributed by atoms with van der Waals surface area (Å²) in [5.74, 6) is -3.38. The van der Waals surface area contributed by atoms with Crippen LogP contribution in [-0.4, -0.2) is 47.9 Å². The van der Waals surface area contributed by atoms with E-state index in [0.29, 0.717) is 30.7 Å². The first-order chi connectivity index (χ1) is 17.4. The molecular formula is C23H26F2N6O5S. The van der Waals surface area contributed by atoms with Crippen molar-refractivity contribution in [2.75, 3.05) is 19.0 Å². The average Bonchev–Trinajstić information content (AvgIpc) is 3.28. The first kappa shape index (κ1) is 26.3. The molecule has 0 aliphatic carbocycles. The third-order valence-electron chi connectivity index (χ3n) is 5.61. The molecule has 0 atom stereocenters. The van der Waals surface area contributed by atoms with Gasteiger partial charge in [0.2, 0.25) is 11.8 Å². The summed E-state index contributed by atoms with van der Waals surface area (Å²) >= 11 is 0. The molecule has 1 aliphatic rings. The molecule has 2 N–H and O–H groups in total. The molecule has 198 valence electrons. The van der Waals surface area contributed by atoms with Gasteiger partial charge in [0, 0.05) is 37.7 Å². The third-order valence-corrected chi connectivity index (χ3v) is 6.92. The second-order valence-electron chi connectivity index (χ2n) is 8.75. The Labute approximate surface area is 212 Å². The van der Waals surface area contributed by atoms with Crippen molar-refractivity contribution in [1.29, 1.82) is 0 Å². The Kier molecular flexibility index (Phi) is 7.04. The zero-order chi connectivity index (χ0) is 27.0. The number of fused-ring (bicyclic) bond motifs is 1. The summed E-state index contributed by atoms with van der Waals surface area (Å²) in [7, 11) is -2.98. The highest BCUT2D eigenvalue weighted by Gasteiger charge is 2.32. The van der Waals surface area contributed by atoms with E-state index in [-0.39, 0.29) is 34.0 Å². The van der Waals surface area contributed by atoms with Gasteiger partial charge in [-0.15, -0.1) is 0 Å². The Morgan fingerprint density at radius 1 is 1.30 bits per heavy atom. The second kappa shape index (κ2) is 9.92. The molecule has 4 heterocycles. The van der Waals surface area contributed by atoms with Crippen molar-refractivity contribution in [3.63, 3.8) is 0 Å². The number of aromatic nitrogens is 4. The predicted molar refractivity (Wildman–Crippen MR) is 129 cm³/mol. The van der Waals surface area contributed by atoms with E-state index in [2.05, 4.69) is 20.4 Å². The highest BCUT2D eigenvalue weighted by molar-refractivity contribution is 7.90. The summed E-state index contributed by atoms with van der Waals surface area (Å²) < 4.78 is 68.5. The van der Waals surface area contributed by atoms with Crippen LogP contribution in [0.1, 0.15) is 44.4 Å². The number of anilines is 1. The van der Waals surface area contributed by atoms with E-state index >= 15 is 0 Å². The van der Waals surface area contributed by atoms with Gasteiger partial charge in [-0.1, -0.05) is 13.8 Å². The Balaban J connectivity index is 1.75. The standard InChI is InChI=1S/C23H26F2N6O5S/c1-13(2)15-11-17(23(3,24)25)28-19(14-6-7-26-18(10-14)35-4)20(15)29-22(32)30-37(33,34)16-12-27-31-8-5-9-36-21(16)31/h6-7,10-13H,5,8-9H2,1-4H3,(H2,29,30,32). The number of alkyl halides is 2. The number of sulfonamides is 1.